The average Bonchev–Trinajstić information content (AvgIpc) is 3.02. The molecule has 0 aromatic heterocycles. The first-order chi connectivity index (χ1) is 12.9. The molecule has 0 bridgehead atoms. The predicted molar refractivity (Wildman–Crippen MR) is 94.9 cm³/mol. The van der Waals surface area contributed by atoms with E-state index in [1.165, 1.54) is 0 Å². The minimum Gasteiger partial charge on any atom is -0.535 e. The second-order valence-electron chi connectivity index (χ2n) is 7.49. The Morgan fingerprint density at radius 3 is 2.70 bits per heavy atom. The molecule has 0 radical (unpaired) electrons. The molecule has 3 N–H and O–H groups in total. The van der Waals surface area contributed by atoms with E-state index in [9.17, 15) is 24.8 Å². The number of likely N-dealkylation sites (tertiary alicyclic amines) is 1. The Balaban J connectivity index is 1.43. The van der Waals surface area contributed by atoms with E-state index in [-0.39, 0.29) is 35.0 Å². The number of amides is 1. The summed E-state index contributed by atoms with van der Waals surface area (Å²) in [6, 6.07) is 3.37. The molecule has 2 atom stereocenters. The second-order valence-corrected chi connectivity index (χ2v) is 7.49. The van der Waals surface area contributed by atoms with Crippen LogP contribution in [0.25, 0.3) is 0 Å². The lowest BCUT2D eigenvalue weighted by molar-refractivity contribution is -0.144. The number of fused-ring (bicyclic) bond motifs is 1. The molecular weight excluding hydrogens is 353 g/mol. The van der Waals surface area contributed by atoms with Crippen molar-refractivity contribution in [1.82, 2.24) is 4.90 Å². The Hall–Kier alpha value is -2.26. The van der Waals surface area contributed by atoms with E-state index in [1.807, 2.05) is 0 Å². The highest BCUT2D eigenvalue weighted by Crippen LogP contribution is 2.37. The first-order valence-corrected chi connectivity index (χ1v) is 9.29. The van der Waals surface area contributed by atoms with Gasteiger partial charge in [-0.25, -0.2) is 4.79 Å². The zero-order chi connectivity index (χ0) is 19.1. The van der Waals surface area contributed by atoms with Crippen molar-refractivity contribution in [1.29, 1.82) is 0 Å². The van der Waals surface area contributed by atoms with Gasteiger partial charge >= 0.3 is 13.1 Å². The zero-order valence-electron chi connectivity index (χ0n) is 14.8. The largest absolute Gasteiger partial charge is 0.535 e. The van der Waals surface area contributed by atoms with Crippen molar-refractivity contribution in [2.45, 2.75) is 44.2 Å². The lowest BCUT2D eigenvalue weighted by atomic mass is 9.78. The average molecular weight is 375 g/mol. The molecule has 2 fully saturated rings. The van der Waals surface area contributed by atoms with Gasteiger partial charge < -0.3 is 29.5 Å². The van der Waals surface area contributed by atoms with Crippen LogP contribution in [0.3, 0.4) is 0 Å². The van der Waals surface area contributed by atoms with Gasteiger partial charge in [0.15, 0.2) is 0 Å². The molecule has 2 aliphatic heterocycles. The number of nitrogens with zero attached hydrogens (tertiary/aromatic N) is 1. The number of rotatable bonds is 4. The number of aryl methyl sites for hydroxylation is 1. The molecule has 1 saturated carbocycles. The van der Waals surface area contributed by atoms with Gasteiger partial charge in [0, 0.05) is 5.92 Å². The maximum Gasteiger partial charge on any atom is 0.522 e. The molecule has 0 spiro atoms. The van der Waals surface area contributed by atoms with Crippen LogP contribution < -0.4 is 9.39 Å². The minimum absolute atomic E-state index is 0.0294. The Labute approximate surface area is 156 Å². The number of hydrogen-bond acceptors (Lipinski definition) is 6. The lowest BCUT2D eigenvalue weighted by Gasteiger charge is -2.40. The van der Waals surface area contributed by atoms with Gasteiger partial charge in [-0.1, -0.05) is 6.07 Å². The molecule has 27 heavy (non-hydrogen) atoms. The van der Waals surface area contributed by atoms with Crippen LogP contribution in [0.5, 0.6) is 11.5 Å². The maximum absolute atomic E-state index is 12.4. The van der Waals surface area contributed by atoms with Gasteiger partial charge in [-0.15, -0.1) is 0 Å². The van der Waals surface area contributed by atoms with Crippen LogP contribution in [0.1, 0.15) is 35.2 Å². The van der Waals surface area contributed by atoms with E-state index in [2.05, 4.69) is 0 Å². The Morgan fingerprint density at radius 2 is 2.04 bits per heavy atom. The maximum atomic E-state index is 12.4. The number of ether oxygens (including phenoxy) is 1. The number of benzene rings is 1. The van der Waals surface area contributed by atoms with Crippen molar-refractivity contribution in [2.75, 3.05) is 13.1 Å². The SMILES string of the molecule is O=C(O)c1c(OC2CN(C(=O)[C@H]3CC[C@H](O)C3)C2)ccc2c1OB(O)CC2. The van der Waals surface area contributed by atoms with E-state index in [0.29, 0.717) is 45.1 Å². The first-order valence-electron chi connectivity index (χ1n) is 9.29. The number of carbonyl (C=O) groups is 2. The molecule has 3 aliphatic rings. The molecule has 4 rings (SSSR count). The molecular formula is C18H22BNO7. The Kier molecular flexibility index (Phi) is 4.73. The van der Waals surface area contributed by atoms with E-state index in [4.69, 9.17) is 9.39 Å². The predicted octanol–water partition coefficient (Wildman–Crippen LogP) is 0.551. The summed E-state index contributed by atoms with van der Waals surface area (Å²) in [5.74, 6) is -0.936. The van der Waals surface area contributed by atoms with Gasteiger partial charge in [-0.2, -0.15) is 0 Å². The number of carbonyl (C=O) groups excluding carboxylic acids is 1. The fourth-order valence-corrected chi connectivity index (χ4v) is 4.03. The topological polar surface area (TPSA) is 117 Å². The number of aliphatic hydroxyl groups excluding tert-OH is 1. The van der Waals surface area contributed by atoms with E-state index in [0.717, 1.165) is 5.56 Å². The van der Waals surface area contributed by atoms with Crippen LogP contribution in [0.4, 0.5) is 0 Å². The summed E-state index contributed by atoms with van der Waals surface area (Å²) in [5.41, 5.74) is 0.644. The van der Waals surface area contributed by atoms with Gasteiger partial charge in [0.25, 0.3) is 0 Å². The quantitative estimate of drug-likeness (QED) is 0.658. The highest BCUT2D eigenvalue weighted by atomic mass is 16.5. The molecule has 0 unspecified atom stereocenters. The molecule has 8 nitrogen and oxygen atoms in total. The summed E-state index contributed by atoms with van der Waals surface area (Å²) in [5, 5.41) is 28.9. The van der Waals surface area contributed by atoms with E-state index in [1.54, 1.807) is 17.0 Å². The van der Waals surface area contributed by atoms with Crippen LogP contribution in [0, 0.1) is 5.92 Å². The smallest absolute Gasteiger partial charge is 0.522 e. The number of carboxylic acids is 1. The van der Waals surface area contributed by atoms with Crippen molar-refractivity contribution in [3.63, 3.8) is 0 Å². The van der Waals surface area contributed by atoms with E-state index < -0.39 is 19.2 Å². The first kappa shape index (κ1) is 18.1. The fourth-order valence-electron chi connectivity index (χ4n) is 4.03. The minimum atomic E-state index is -1.18. The summed E-state index contributed by atoms with van der Waals surface area (Å²) in [6.07, 6.45) is 2.15. The lowest BCUT2D eigenvalue weighted by Crippen LogP contribution is -2.57. The van der Waals surface area contributed by atoms with Crippen molar-refractivity contribution >= 4 is 19.0 Å². The van der Waals surface area contributed by atoms with Gasteiger partial charge in [0.2, 0.25) is 5.91 Å². The van der Waals surface area contributed by atoms with Gasteiger partial charge in [-0.05, 0) is 43.6 Å². The van der Waals surface area contributed by atoms with Gasteiger partial charge in [0.1, 0.15) is 23.2 Å². The third-order valence-electron chi connectivity index (χ3n) is 5.54. The summed E-state index contributed by atoms with van der Waals surface area (Å²) in [7, 11) is -1.02. The highest BCUT2D eigenvalue weighted by Gasteiger charge is 2.39. The van der Waals surface area contributed by atoms with Crippen molar-refractivity contribution in [2.24, 2.45) is 5.92 Å². The van der Waals surface area contributed by atoms with Gasteiger partial charge in [0.05, 0.1) is 19.2 Å². The Morgan fingerprint density at radius 1 is 1.26 bits per heavy atom. The molecule has 2 heterocycles. The monoisotopic (exact) mass is 375 g/mol. The molecule has 9 heteroatoms. The van der Waals surface area contributed by atoms with Gasteiger partial charge in [-0.3, -0.25) is 4.79 Å². The van der Waals surface area contributed by atoms with Crippen molar-refractivity contribution < 1.29 is 34.2 Å². The second kappa shape index (κ2) is 7.05. The molecule has 1 aromatic carbocycles. The molecule has 1 aliphatic carbocycles. The summed E-state index contributed by atoms with van der Waals surface area (Å²) < 4.78 is 11.2. The third kappa shape index (κ3) is 3.49. The molecule has 1 amide bonds. The zero-order valence-corrected chi connectivity index (χ0v) is 14.8. The number of carboxylic acid groups (broad SMARTS) is 1. The normalized spacial score (nSPS) is 24.8. The Bertz CT molecular complexity index is 764. The van der Waals surface area contributed by atoms with Crippen LogP contribution in [-0.4, -0.2) is 64.4 Å². The molecule has 144 valence electrons. The van der Waals surface area contributed by atoms with E-state index >= 15 is 0 Å². The summed E-state index contributed by atoms with van der Waals surface area (Å²) >= 11 is 0. The third-order valence-corrected chi connectivity index (χ3v) is 5.54. The standard InChI is InChI=1S/C18H22BNO7/c21-12-3-1-11(7-12)17(22)20-8-13(9-20)26-14-4-2-10-5-6-19(25)27-16(10)15(14)18(23)24/h2,4,11-13,21,25H,1,3,5-9H2,(H,23,24)/t11-,12-/m0/s1. The summed E-state index contributed by atoms with van der Waals surface area (Å²) in [4.78, 5) is 25.8. The van der Waals surface area contributed by atoms with Crippen LogP contribution in [-0.2, 0) is 11.2 Å². The fraction of sp³-hybridized carbons (Fsp3) is 0.556. The van der Waals surface area contributed by atoms with Crippen LogP contribution >= 0.6 is 0 Å². The highest BCUT2D eigenvalue weighted by molar-refractivity contribution is 6.44. The van der Waals surface area contributed by atoms with Crippen molar-refractivity contribution in [3.05, 3.63) is 23.3 Å². The number of hydrogen-bond donors (Lipinski definition) is 3. The van der Waals surface area contributed by atoms with Crippen molar-refractivity contribution in [3.8, 4) is 11.5 Å². The van der Waals surface area contributed by atoms with Crippen LogP contribution in [0.15, 0.2) is 12.1 Å². The van der Waals surface area contributed by atoms with Crippen LogP contribution in [0.2, 0.25) is 6.32 Å². The number of aromatic carboxylic acids is 1. The summed E-state index contributed by atoms with van der Waals surface area (Å²) in [6.45, 7) is 0.788. The molecule has 1 aromatic rings. The number of aliphatic hydroxyl groups is 1. The molecule has 1 saturated heterocycles.